The minimum absolute atomic E-state index is 0.227. The zero-order chi connectivity index (χ0) is 23.8. The molecule has 3 rings (SSSR count). The van der Waals surface area contributed by atoms with Gasteiger partial charge in [-0.25, -0.2) is 4.79 Å². The van der Waals surface area contributed by atoms with E-state index in [4.69, 9.17) is 4.74 Å². The molecule has 1 amide bonds. The average molecular weight is 446 g/mol. The number of nitrogens with zero attached hydrogens (tertiary/aromatic N) is 2. The van der Waals surface area contributed by atoms with E-state index >= 15 is 0 Å². The number of aromatic nitrogens is 2. The van der Waals surface area contributed by atoms with Crippen molar-refractivity contribution in [1.29, 1.82) is 5.26 Å². The molecule has 0 bridgehead atoms. The number of H-pyrrole nitrogens is 1. The van der Waals surface area contributed by atoms with Gasteiger partial charge in [-0.2, -0.15) is 5.26 Å². The van der Waals surface area contributed by atoms with Gasteiger partial charge < -0.3 is 30.5 Å². The summed E-state index contributed by atoms with van der Waals surface area (Å²) in [6.45, 7) is 2.00. The van der Waals surface area contributed by atoms with Gasteiger partial charge >= 0.3 is 5.69 Å². The van der Waals surface area contributed by atoms with E-state index < -0.39 is 59.6 Å². The molecule has 0 radical (unpaired) electrons. The number of hydrogen-bond donors (Lipinski definition) is 6. The molecule has 5 atom stereocenters. The van der Waals surface area contributed by atoms with E-state index in [0.717, 1.165) is 12.5 Å². The van der Waals surface area contributed by atoms with Crippen molar-refractivity contribution in [2.45, 2.75) is 44.1 Å². The summed E-state index contributed by atoms with van der Waals surface area (Å²) in [6.07, 6.45) is -7.38. The SMILES string of the molecule is CC(=O)N[C@@]1(O)[C@@H](O)[C@H](O)[C@@H](CO)O[C@H]1n1c(-c2ccc(C)cc2)c(C#N)c(=O)[nH]c1=O. The number of amides is 1. The number of benzene rings is 1. The number of aryl methyl sites for hydroxylation is 1. The third kappa shape index (κ3) is 3.83. The van der Waals surface area contributed by atoms with Gasteiger partial charge in [0, 0.05) is 6.92 Å². The van der Waals surface area contributed by atoms with Gasteiger partial charge in [0.05, 0.1) is 12.3 Å². The Bertz CT molecular complexity index is 1180. The number of nitrogens with one attached hydrogen (secondary N) is 2. The molecule has 1 aliphatic rings. The Balaban J connectivity index is 2.39. The quantitative estimate of drug-likeness (QED) is 0.283. The van der Waals surface area contributed by atoms with E-state index in [2.05, 4.69) is 5.32 Å². The number of aromatic amines is 1. The number of hydrogen-bond acceptors (Lipinski definition) is 9. The van der Waals surface area contributed by atoms with Crippen LogP contribution in [0.1, 0.15) is 24.3 Å². The fourth-order valence-corrected chi connectivity index (χ4v) is 3.66. The van der Waals surface area contributed by atoms with Crippen LogP contribution in [0.25, 0.3) is 11.3 Å². The van der Waals surface area contributed by atoms with Crippen LogP contribution in [-0.2, 0) is 9.53 Å². The molecule has 1 aromatic carbocycles. The molecule has 1 aromatic heterocycles. The van der Waals surface area contributed by atoms with E-state index in [1.54, 1.807) is 25.1 Å². The largest absolute Gasteiger partial charge is 0.394 e. The van der Waals surface area contributed by atoms with Crippen LogP contribution in [0.2, 0.25) is 0 Å². The molecule has 0 spiro atoms. The lowest BCUT2D eigenvalue weighted by Gasteiger charge is -2.48. The summed E-state index contributed by atoms with van der Waals surface area (Å²) in [5, 5.41) is 53.3. The van der Waals surface area contributed by atoms with Gasteiger partial charge in [-0.05, 0) is 12.5 Å². The number of rotatable bonds is 4. The third-order valence-electron chi connectivity index (χ3n) is 5.21. The molecule has 12 nitrogen and oxygen atoms in total. The monoisotopic (exact) mass is 446 g/mol. The molecule has 0 aliphatic carbocycles. The average Bonchev–Trinajstić information content (AvgIpc) is 2.73. The van der Waals surface area contributed by atoms with Gasteiger partial charge in [0.15, 0.2) is 6.23 Å². The lowest BCUT2D eigenvalue weighted by Crippen LogP contribution is -2.71. The van der Waals surface area contributed by atoms with Crippen LogP contribution in [0.3, 0.4) is 0 Å². The second-order valence-electron chi connectivity index (χ2n) is 7.48. The maximum absolute atomic E-state index is 12.9. The molecule has 32 heavy (non-hydrogen) atoms. The van der Waals surface area contributed by atoms with Gasteiger partial charge in [0.1, 0.15) is 29.9 Å². The van der Waals surface area contributed by atoms with Crippen molar-refractivity contribution in [3.63, 3.8) is 0 Å². The Kier molecular flexibility index (Phi) is 6.31. The van der Waals surface area contributed by atoms with Crippen LogP contribution in [0.5, 0.6) is 0 Å². The lowest BCUT2D eigenvalue weighted by atomic mass is 9.91. The van der Waals surface area contributed by atoms with Crippen molar-refractivity contribution in [2.75, 3.05) is 6.61 Å². The first-order chi connectivity index (χ1) is 15.0. The highest BCUT2D eigenvalue weighted by atomic mass is 16.6. The maximum atomic E-state index is 12.9. The van der Waals surface area contributed by atoms with E-state index in [1.807, 2.05) is 4.98 Å². The van der Waals surface area contributed by atoms with E-state index in [-0.39, 0.29) is 11.3 Å². The standard InChI is InChI=1S/C20H22N4O8/c1-9-3-5-11(6-4-9)14-12(7-21)17(29)22-19(30)24(14)18-20(31,23-10(2)26)16(28)15(27)13(8-25)32-18/h3-6,13,15-16,18,25,27-28,31H,8H2,1-2H3,(H,23,26)(H,22,29,30)/t13-,15-,16+,18-,20-/m1/s1. The summed E-state index contributed by atoms with van der Waals surface area (Å²) in [4.78, 5) is 39.0. The second kappa shape index (κ2) is 8.65. The highest BCUT2D eigenvalue weighted by Gasteiger charge is 2.57. The van der Waals surface area contributed by atoms with Crippen molar-refractivity contribution in [3.8, 4) is 17.3 Å². The molecule has 1 aliphatic heterocycles. The van der Waals surface area contributed by atoms with Gasteiger partial charge in [-0.3, -0.25) is 19.1 Å². The Labute approximate surface area is 180 Å². The maximum Gasteiger partial charge on any atom is 0.331 e. The predicted molar refractivity (Wildman–Crippen MR) is 108 cm³/mol. The van der Waals surface area contributed by atoms with Gasteiger partial charge in [0.2, 0.25) is 11.6 Å². The number of ether oxygens (including phenoxy) is 1. The Morgan fingerprint density at radius 1 is 1.31 bits per heavy atom. The summed E-state index contributed by atoms with van der Waals surface area (Å²) < 4.78 is 6.23. The zero-order valence-corrected chi connectivity index (χ0v) is 17.1. The third-order valence-corrected chi connectivity index (χ3v) is 5.21. The van der Waals surface area contributed by atoms with Gasteiger partial charge in [0.25, 0.3) is 5.56 Å². The van der Waals surface area contributed by atoms with Crippen LogP contribution in [0.15, 0.2) is 33.9 Å². The van der Waals surface area contributed by atoms with Crippen LogP contribution >= 0.6 is 0 Å². The number of carbonyl (C=O) groups excluding carboxylic acids is 1. The van der Waals surface area contributed by atoms with Crippen LogP contribution in [0, 0.1) is 18.3 Å². The Morgan fingerprint density at radius 3 is 2.47 bits per heavy atom. The number of aliphatic hydroxyl groups is 4. The van der Waals surface area contributed by atoms with Crippen molar-refractivity contribution in [2.24, 2.45) is 0 Å². The molecule has 0 unspecified atom stereocenters. The second-order valence-corrected chi connectivity index (χ2v) is 7.48. The van der Waals surface area contributed by atoms with Crippen LogP contribution in [-0.4, -0.2) is 66.5 Å². The number of aliphatic hydroxyl groups excluding tert-OH is 3. The molecule has 12 heteroatoms. The number of carbonyl (C=O) groups is 1. The summed E-state index contributed by atoms with van der Waals surface area (Å²) in [7, 11) is 0. The van der Waals surface area contributed by atoms with Crippen molar-refractivity contribution in [1.82, 2.24) is 14.9 Å². The minimum atomic E-state index is -2.77. The summed E-state index contributed by atoms with van der Waals surface area (Å²) in [5.41, 5.74) is -4.58. The molecule has 0 saturated carbocycles. The summed E-state index contributed by atoms with van der Waals surface area (Å²) in [6, 6.07) is 8.07. The Morgan fingerprint density at radius 2 is 1.94 bits per heavy atom. The van der Waals surface area contributed by atoms with Gasteiger partial charge in [-0.15, -0.1) is 0 Å². The first-order valence-electron chi connectivity index (χ1n) is 9.54. The van der Waals surface area contributed by atoms with E-state index in [0.29, 0.717) is 4.57 Å². The molecule has 1 saturated heterocycles. The fourth-order valence-electron chi connectivity index (χ4n) is 3.66. The Hall–Kier alpha value is -3.34. The van der Waals surface area contributed by atoms with E-state index in [1.165, 1.54) is 12.1 Å². The zero-order valence-electron chi connectivity index (χ0n) is 17.1. The minimum Gasteiger partial charge on any atom is -0.394 e. The molecule has 2 aromatic rings. The molecule has 170 valence electrons. The molecular weight excluding hydrogens is 424 g/mol. The molecular formula is C20H22N4O8. The highest BCUT2D eigenvalue weighted by Crippen LogP contribution is 2.37. The van der Waals surface area contributed by atoms with E-state index in [9.17, 15) is 40.1 Å². The first-order valence-corrected chi connectivity index (χ1v) is 9.54. The normalized spacial score (nSPS) is 27.5. The fraction of sp³-hybridized carbons (Fsp3) is 0.400. The van der Waals surface area contributed by atoms with Crippen molar-refractivity contribution >= 4 is 5.91 Å². The van der Waals surface area contributed by atoms with Crippen LogP contribution in [0.4, 0.5) is 0 Å². The highest BCUT2D eigenvalue weighted by molar-refractivity contribution is 5.74. The predicted octanol–water partition coefficient (Wildman–Crippen LogP) is -2.18. The first kappa shape index (κ1) is 23.3. The smallest absolute Gasteiger partial charge is 0.331 e. The topological polar surface area (TPSA) is 198 Å². The van der Waals surface area contributed by atoms with Crippen molar-refractivity contribution in [3.05, 3.63) is 56.2 Å². The number of nitriles is 1. The molecule has 6 N–H and O–H groups in total. The lowest BCUT2D eigenvalue weighted by molar-refractivity contribution is -0.305. The summed E-state index contributed by atoms with van der Waals surface area (Å²) in [5.74, 6) is -0.843. The molecule has 1 fully saturated rings. The van der Waals surface area contributed by atoms with Crippen molar-refractivity contribution < 1.29 is 30.0 Å². The van der Waals surface area contributed by atoms with Gasteiger partial charge in [-0.1, -0.05) is 29.8 Å². The summed E-state index contributed by atoms with van der Waals surface area (Å²) >= 11 is 0. The van der Waals surface area contributed by atoms with Crippen LogP contribution < -0.4 is 16.6 Å². The molecule has 2 heterocycles.